The number of carbonyl (C=O) groups excluding carboxylic acids is 1. The first-order valence-electron chi connectivity index (χ1n) is 12.3. The molecule has 2 unspecified atom stereocenters. The van der Waals surface area contributed by atoms with E-state index >= 15 is 0 Å². The van der Waals surface area contributed by atoms with Crippen molar-refractivity contribution in [2.45, 2.75) is 42.4 Å². The molecule has 3 aromatic carbocycles. The molecule has 35 heavy (non-hydrogen) atoms. The number of aryl methyl sites for hydroxylation is 1. The van der Waals surface area contributed by atoms with Gasteiger partial charge in [0.25, 0.3) is 5.91 Å². The maximum absolute atomic E-state index is 13.3. The Morgan fingerprint density at radius 3 is 2.54 bits per heavy atom. The Kier molecular flexibility index (Phi) is 9.12. The van der Waals surface area contributed by atoms with Gasteiger partial charge < -0.3 is 20.1 Å². The van der Waals surface area contributed by atoms with Gasteiger partial charge in [0.05, 0.1) is 16.5 Å². The molecule has 0 saturated carbocycles. The number of fused-ring (bicyclic) bond motifs is 1. The first kappa shape index (κ1) is 25.2. The van der Waals surface area contributed by atoms with E-state index in [4.69, 9.17) is 4.74 Å². The van der Waals surface area contributed by atoms with Crippen LogP contribution in [0.4, 0.5) is 0 Å². The molecule has 0 saturated heterocycles. The molecular formula is C29H34N2O3S. The molecule has 5 nitrogen and oxygen atoms in total. The largest absolute Gasteiger partial charge is 0.457 e. The quantitative estimate of drug-likeness (QED) is 0.247. The number of carbonyl (C=O) groups is 1. The Morgan fingerprint density at radius 2 is 1.74 bits per heavy atom. The van der Waals surface area contributed by atoms with Crippen molar-refractivity contribution in [1.82, 2.24) is 10.2 Å². The number of aliphatic hydroxyl groups is 1. The first-order valence-corrected chi connectivity index (χ1v) is 13.6. The predicted octanol–water partition coefficient (Wildman–Crippen LogP) is 6.23. The minimum Gasteiger partial charge on any atom is -0.457 e. The molecule has 184 valence electrons. The fourth-order valence-corrected chi connectivity index (χ4v) is 6.62. The van der Waals surface area contributed by atoms with Gasteiger partial charge in [0, 0.05) is 11.4 Å². The summed E-state index contributed by atoms with van der Waals surface area (Å²) in [5, 5.41) is 13.4. The zero-order valence-electron chi connectivity index (χ0n) is 20.2. The molecule has 2 atom stereocenters. The molecule has 2 N–H and O–H groups in total. The number of nitrogens with one attached hydrogen (secondary N) is 1. The molecule has 4 rings (SSSR count). The number of hydrogen-bond acceptors (Lipinski definition) is 3. The maximum Gasteiger partial charge on any atom is 0.255 e. The van der Waals surface area contributed by atoms with Crippen LogP contribution in [0.2, 0.25) is 0 Å². The summed E-state index contributed by atoms with van der Waals surface area (Å²) >= 11 is 0. The predicted molar refractivity (Wildman–Crippen MR) is 145 cm³/mol. The van der Waals surface area contributed by atoms with Crippen molar-refractivity contribution < 1.29 is 14.6 Å². The summed E-state index contributed by atoms with van der Waals surface area (Å²) in [6.45, 7) is 1.55. The summed E-state index contributed by atoms with van der Waals surface area (Å²) < 4.78 is 5.97. The number of ether oxygens (including phenoxy) is 1. The molecule has 0 spiro atoms. The van der Waals surface area contributed by atoms with Crippen molar-refractivity contribution in [3.8, 4) is 11.5 Å². The number of para-hydroxylation sites is 1. The van der Waals surface area contributed by atoms with Gasteiger partial charge >= 0.3 is 0 Å². The van der Waals surface area contributed by atoms with Crippen molar-refractivity contribution in [1.29, 1.82) is 0 Å². The number of rotatable bonds is 11. The highest BCUT2D eigenvalue weighted by atomic mass is 32.2. The highest BCUT2D eigenvalue weighted by molar-refractivity contribution is 8.15. The van der Waals surface area contributed by atoms with Crippen molar-refractivity contribution in [3.63, 3.8) is 0 Å². The van der Waals surface area contributed by atoms with Gasteiger partial charge in [0.15, 0.2) is 0 Å². The van der Waals surface area contributed by atoms with Gasteiger partial charge in [-0.2, -0.15) is 0 Å². The standard InChI is InChI=1S/C29H34N2O3S/c1-30-19-10-20-31-28(35(22-32)27-17-7-6-16-26(27)29(31)33)18-8-5-11-23-12-9-15-25(21-23)34-24-13-3-2-4-14-24/h2-4,6-7,9,12-17,21-22,28,30,32H,5,8,10-11,18-20H2,1H3. The number of amides is 1. The van der Waals surface area contributed by atoms with E-state index in [1.165, 1.54) is 11.1 Å². The highest BCUT2D eigenvalue weighted by Gasteiger charge is 2.34. The monoisotopic (exact) mass is 490 g/mol. The van der Waals surface area contributed by atoms with Crippen molar-refractivity contribution >= 4 is 21.9 Å². The van der Waals surface area contributed by atoms with E-state index in [2.05, 4.69) is 17.4 Å². The molecule has 1 aliphatic rings. The lowest BCUT2D eigenvalue weighted by molar-refractivity contribution is 0.0717. The molecule has 1 aliphatic heterocycles. The van der Waals surface area contributed by atoms with Crippen LogP contribution >= 0.6 is 10.5 Å². The van der Waals surface area contributed by atoms with E-state index in [1.807, 2.05) is 78.7 Å². The Hall–Kier alpha value is -2.93. The number of aliphatic hydroxyl groups excluding tert-OH is 1. The van der Waals surface area contributed by atoms with E-state index in [9.17, 15) is 9.90 Å². The second-order valence-corrected chi connectivity index (χ2v) is 10.6. The van der Waals surface area contributed by atoms with Gasteiger partial charge in [0.2, 0.25) is 0 Å². The third kappa shape index (κ3) is 6.40. The molecule has 1 heterocycles. The SMILES string of the molecule is CNCCCN1C(=O)c2ccccc2/S(=C\O)C1CCCCc1cccc(Oc2ccccc2)c1. The Balaban J connectivity index is 1.40. The van der Waals surface area contributed by atoms with Gasteiger partial charge in [0.1, 0.15) is 11.5 Å². The van der Waals surface area contributed by atoms with Crippen LogP contribution in [0.25, 0.3) is 0 Å². The first-order chi connectivity index (χ1) is 17.2. The molecular weight excluding hydrogens is 456 g/mol. The summed E-state index contributed by atoms with van der Waals surface area (Å²) in [6.07, 6.45) is 4.68. The summed E-state index contributed by atoms with van der Waals surface area (Å²) in [6, 6.07) is 25.8. The Bertz CT molecular complexity index is 1150. The Morgan fingerprint density at radius 1 is 0.971 bits per heavy atom. The molecule has 0 bridgehead atoms. The summed E-state index contributed by atoms with van der Waals surface area (Å²) in [7, 11) is 1.43. The normalized spacial score (nSPS) is 17.4. The van der Waals surface area contributed by atoms with Crippen LogP contribution in [-0.2, 0) is 6.42 Å². The second kappa shape index (κ2) is 12.7. The molecule has 0 fully saturated rings. The van der Waals surface area contributed by atoms with Gasteiger partial charge in [-0.15, -0.1) is 10.5 Å². The fourth-order valence-electron chi connectivity index (χ4n) is 4.54. The van der Waals surface area contributed by atoms with Crippen molar-refractivity contribution in [3.05, 3.63) is 90.0 Å². The van der Waals surface area contributed by atoms with Crippen molar-refractivity contribution in [2.24, 2.45) is 0 Å². The fraction of sp³-hybridized carbons (Fsp3) is 0.310. The van der Waals surface area contributed by atoms with Crippen LogP contribution in [0.5, 0.6) is 11.5 Å². The zero-order chi connectivity index (χ0) is 24.5. The van der Waals surface area contributed by atoms with E-state index in [0.717, 1.165) is 60.6 Å². The number of nitrogens with zero attached hydrogens (tertiary/aromatic N) is 1. The van der Waals surface area contributed by atoms with Crippen LogP contribution in [0.3, 0.4) is 0 Å². The third-order valence-electron chi connectivity index (χ3n) is 6.26. The van der Waals surface area contributed by atoms with Crippen LogP contribution in [0.1, 0.15) is 41.6 Å². The average molecular weight is 491 g/mol. The third-order valence-corrected chi connectivity index (χ3v) is 8.42. The van der Waals surface area contributed by atoms with Crippen LogP contribution in [0, 0.1) is 0 Å². The molecule has 3 aromatic rings. The zero-order valence-corrected chi connectivity index (χ0v) is 21.0. The lowest BCUT2D eigenvalue weighted by Gasteiger charge is -2.39. The minimum absolute atomic E-state index is 0.00740. The highest BCUT2D eigenvalue weighted by Crippen LogP contribution is 2.43. The van der Waals surface area contributed by atoms with E-state index < -0.39 is 10.5 Å². The number of unbranched alkanes of at least 4 members (excludes halogenated alkanes) is 1. The van der Waals surface area contributed by atoms with E-state index in [-0.39, 0.29) is 11.3 Å². The second-order valence-electron chi connectivity index (χ2n) is 8.69. The molecule has 0 aromatic heterocycles. The molecule has 0 aliphatic carbocycles. The Labute approximate surface area is 210 Å². The van der Waals surface area contributed by atoms with Gasteiger partial charge in [-0.05, 0) is 81.2 Å². The summed E-state index contributed by atoms with van der Waals surface area (Å²) in [5.74, 6) is 1.76. The molecule has 6 heteroatoms. The van der Waals surface area contributed by atoms with Crippen molar-refractivity contribution in [2.75, 3.05) is 20.1 Å². The van der Waals surface area contributed by atoms with E-state index in [1.54, 1.807) is 0 Å². The minimum atomic E-state index is -0.500. The smallest absolute Gasteiger partial charge is 0.255 e. The topological polar surface area (TPSA) is 61.8 Å². The van der Waals surface area contributed by atoms with Crippen LogP contribution in [0.15, 0.2) is 83.8 Å². The van der Waals surface area contributed by atoms with E-state index in [0.29, 0.717) is 6.54 Å². The maximum atomic E-state index is 13.3. The van der Waals surface area contributed by atoms with Gasteiger partial charge in [-0.3, -0.25) is 4.79 Å². The van der Waals surface area contributed by atoms with Gasteiger partial charge in [-0.25, -0.2) is 0 Å². The van der Waals surface area contributed by atoms with Crippen LogP contribution < -0.4 is 10.1 Å². The number of hydrogen-bond donors (Lipinski definition) is 2. The molecule has 0 radical (unpaired) electrons. The van der Waals surface area contributed by atoms with Gasteiger partial charge in [-0.1, -0.05) is 48.9 Å². The average Bonchev–Trinajstić information content (AvgIpc) is 2.89. The number of benzene rings is 3. The summed E-state index contributed by atoms with van der Waals surface area (Å²) in [5.41, 5.74) is 3.27. The lowest BCUT2D eigenvalue weighted by atomic mass is 10.1. The molecule has 1 amide bonds. The van der Waals surface area contributed by atoms with Crippen LogP contribution in [-0.4, -0.2) is 47.0 Å². The lowest BCUT2D eigenvalue weighted by Crippen LogP contribution is -2.44. The summed E-state index contributed by atoms with van der Waals surface area (Å²) in [4.78, 5) is 16.3.